The Morgan fingerprint density at radius 3 is 2.81 bits per heavy atom. The maximum atomic E-state index is 11.8. The normalized spacial score (nSPS) is 11.8. The van der Waals surface area contributed by atoms with Crippen molar-refractivity contribution >= 4 is 11.6 Å². The summed E-state index contributed by atoms with van der Waals surface area (Å²) in [5, 5.41) is 9.28. The number of aromatic amines is 1. The number of amides is 1. The quantitative estimate of drug-likeness (QED) is 0.653. The first-order valence-corrected chi connectivity index (χ1v) is 5.23. The van der Waals surface area contributed by atoms with Gasteiger partial charge in [-0.3, -0.25) is 9.89 Å². The van der Waals surface area contributed by atoms with Crippen LogP contribution in [0.2, 0.25) is 0 Å². The number of terminal acetylenes is 1. The van der Waals surface area contributed by atoms with Crippen LogP contribution in [0.15, 0.2) is 0 Å². The molecule has 1 aromatic heterocycles. The van der Waals surface area contributed by atoms with Crippen LogP contribution < -0.4 is 11.1 Å². The number of hydrogen-bond acceptors (Lipinski definition) is 3. The van der Waals surface area contributed by atoms with Crippen molar-refractivity contribution in [3.63, 3.8) is 0 Å². The van der Waals surface area contributed by atoms with E-state index >= 15 is 0 Å². The molecule has 5 nitrogen and oxygen atoms in total. The minimum atomic E-state index is -0.335. The number of hydrogen-bond donors (Lipinski definition) is 3. The summed E-state index contributed by atoms with van der Waals surface area (Å²) >= 11 is 0. The fourth-order valence-electron chi connectivity index (χ4n) is 1.32. The monoisotopic (exact) mass is 220 g/mol. The fraction of sp³-hybridized carbons (Fsp3) is 0.455. The molecule has 1 atom stereocenters. The standard InChI is InChI=1S/C11H16N4O/c1-4-7(5-2)13-11(16)10-9(12)8(6-3)14-15-10/h1,7H,5-6,12H2,2-3H3,(H,13,16)(H,14,15). The number of nitrogens with two attached hydrogens (primary N) is 1. The molecule has 0 aliphatic heterocycles. The molecular formula is C11H16N4O. The van der Waals surface area contributed by atoms with Gasteiger partial charge >= 0.3 is 0 Å². The zero-order valence-electron chi connectivity index (χ0n) is 9.50. The number of nitrogens with zero attached hydrogens (tertiary/aromatic N) is 1. The van der Waals surface area contributed by atoms with Crippen molar-refractivity contribution in [3.8, 4) is 12.3 Å². The molecule has 1 rings (SSSR count). The Labute approximate surface area is 94.8 Å². The van der Waals surface area contributed by atoms with Crippen molar-refractivity contribution in [1.82, 2.24) is 15.5 Å². The van der Waals surface area contributed by atoms with E-state index in [-0.39, 0.29) is 17.6 Å². The first-order chi connectivity index (χ1) is 7.63. The molecule has 4 N–H and O–H groups in total. The second-order valence-corrected chi connectivity index (χ2v) is 3.42. The van der Waals surface area contributed by atoms with Crippen LogP contribution in [0.4, 0.5) is 5.69 Å². The summed E-state index contributed by atoms with van der Waals surface area (Å²) in [7, 11) is 0. The number of carbonyl (C=O) groups is 1. The van der Waals surface area contributed by atoms with Gasteiger partial charge in [0.1, 0.15) is 0 Å². The van der Waals surface area contributed by atoms with E-state index in [1.807, 2.05) is 13.8 Å². The predicted molar refractivity (Wildman–Crippen MR) is 62.8 cm³/mol. The number of aromatic nitrogens is 2. The molecule has 1 unspecified atom stereocenters. The average Bonchev–Trinajstić information content (AvgIpc) is 2.67. The van der Waals surface area contributed by atoms with Gasteiger partial charge in [-0.25, -0.2) is 0 Å². The van der Waals surface area contributed by atoms with E-state index < -0.39 is 0 Å². The Balaban J connectivity index is 2.81. The molecule has 5 heteroatoms. The minimum Gasteiger partial charge on any atom is -0.395 e. The average molecular weight is 220 g/mol. The maximum absolute atomic E-state index is 11.8. The SMILES string of the molecule is C#CC(CC)NC(=O)c1n[nH]c(CC)c1N. The van der Waals surface area contributed by atoms with Gasteiger partial charge in [0.05, 0.1) is 17.4 Å². The van der Waals surface area contributed by atoms with Crippen LogP contribution in [0.25, 0.3) is 0 Å². The van der Waals surface area contributed by atoms with Crippen LogP contribution in [-0.2, 0) is 6.42 Å². The van der Waals surface area contributed by atoms with Crippen LogP contribution in [-0.4, -0.2) is 22.1 Å². The third-order valence-corrected chi connectivity index (χ3v) is 2.37. The molecule has 0 saturated heterocycles. The van der Waals surface area contributed by atoms with Crippen LogP contribution >= 0.6 is 0 Å². The van der Waals surface area contributed by atoms with Gasteiger partial charge in [0.2, 0.25) is 0 Å². The van der Waals surface area contributed by atoms with Gasteiger partial charge in [0.25, 0.3) is 5.91 Å². The zero-order chi connectivity index (χ0) is 12.1. The van der Waals surface area contributed by atoms with Crippen LogP contribution in [0.5, 0.6) is 0 Å². The van der Waals surface area contributed by atoms with E-state index in [1.165, 1.54) is 0 Å². The Morgan fingerprint density at radius 1 is 1.69 bits per heavy atom. The van der Waals surface area contributed by atoms with Gasteiger partial charge in [-0.2, -0.15) is 5.10 Å². The highest BCUT2D eigenvalue weighted by Gasteiger charge is 2.17. The van der Waals surface area contributed by atoms with Gasteiger partial charge in [0.15, 0.2) is 5.69 Å². The summed E-state index contributed by atoms with van der Waals surface area (Å²) in [4.78, 5) is 11.8. The van der Waals surface area contributed by atoms with E-state index in [1.54, 1.807) is 0 Å². The Bertz CT molecular complexity index is 416. The third-order valence-electron chi connectivity index (χ3n) is 2.37. The van der Waals surface area contributed by atoms with Crippen molar-refractivity contribution < 1.29 is 4.79 Å². The van der Waals surface area contributed by atoms with Gasteiger partial charge in [-0.15, -0.1) is 6.42 Å². The van der Waals surface area contributed by atoms with Gasteiger partial charge in [-0.1, -0.05) is 19.8 Å². The van der Waals surface area contributed by atoms with Gasteiger partial charge in [-0.05, 0) is 12.8 Å². The lowest BCUT2D eigenvalue weighted by Crippen LogP contribution is -2.33. The highest BCUT2D eigenvalue weighted by Crippen LogP contribution is 2.14. The summed E-state index contributed by atoms with van der Waals surface area (Å²) < 4.78 is 0. The van der Waals surface area contributed by atoms with Crippen LogP contribution in [0.3, 0.4) is 0 Å². The lowest BCUT2D eigenvalue weighted by Gasteiger charge is -2.09. The van der Waals surface area contributed by atoms with Crippen molar-refractivity contribution in [3.05, 3.63) is 11.4 Å². The number of rotatable bonds is 4. The van der Waals surface area contributed by atoms with Crippen molar-refractivity contribution in [2.24, 2.45) is 0 Å². The van der Waals surface area contributed by atoms with E-state index in [9.17, 15) is 4.79 Å². The maximum Gasteiger partial charge on any atom is 0.274 e. The van der Waals surface area contributed by atoms with Crippen molar-refractivity contribution in [2.45, 2.75) is 32.7 Å². The smallest absolute Gasteiger partial charge is 0.274 e. The highest BCUT2D eigenvalue weighted by molar-refractivity contribution is 5.97. The topological polar surface area (TPSA) is 83.8 Å². The van der Waals surface area contributed by atoms with Crippen molar-refractivity contribution in [1.29, 1.82) is 0 Å². The molecule has 1 amide bonds. The lowest BCUT2D eigenvalue weighted by molar-refractivity contribution is 0.0941. The summed E-state index contributed by atoms with van der Waals surface area (Å²) in [5.74, 6) is 2.15. The molecular weight excluding hydrogens is 204 g/mol. The Morgan fingerprint density at radius 2 is 2.38 bits per heavy atom. The second kappa shape index (κ2) is 5.21. The number of anilines is 1. The molecule has 0 spiro atoms. The number of nitrogens with one attached hydrogen (secondary N) is 2. The molecule has 0 bridgehead atoms. The molecule has 1 heterocycles. The van der Waals surface area contributed by atoms with E-state index in [2.05, 4.69) is 21.4 Å². The molecule has 0 saturated carbocycles. The molecule has 0 aliphatic carbocycles. The Hall–Kier alpha value is -1.96. The van der Waals surface area contributed by atoms with E-state index in [0.29, 0.717) is 18.5 Å². The molecule has 16 heavy (non-hydrogen) atoms. The Kier molecular flexibility index (Phi) is 3.95. The molecule has 86 valence electrons. The van der Waals surface area contributed by atoms with Crippen LogP contribution in [0.1, 0.15) is 36.5 Å². The second-order valence-electron chi connectivity index (χ2n) is 3.42. The molecule has 0 aromatic carbocycles. The predicted octanol–water partition coefficient (Wildman–Crippen LogP) is 0.696. The van der Waals surface area contributed by atoms with Crippen molar-refractivity contribution in [2.75, 3.05) is 5.73 Å². The number of carbonyl (C=O) groups excluding carboxylic acids is 1. The minimum absolute atomic E-state index is 0.213. The molecule has 0 fully saturated rings. The van der Waals surface area contributed by atoms with Crippen LogP contribution in [0, 0.1) is 12.3 Å². The molecule has 0 aliphatic rings. The molecule has 0 radical (unpaired) electrons. The first kappa shape index (κ1) is 12.1. The number of aryl methyl sites for hydroxylation is 1. The first-order valence-electron chi connectivity index (χ1n) is 5.23. The summed E-state index contributed by atoms with van der Waals surface area (Å²) in [6, 6.07) is -0.284. The molecule has 1 aromatic rings. The summed E-state index contributed by atoms with van der Waals surface area (Å²) in [6.45, 7) is 3.83. The van der Waals surface area contributed by atoms with E-state index in [4.69, 9.17) is 12.2 Å². The number of nitrogen functional groups attached to an aromatic ring is 1. The zero-order valence-corrected chi connectivity index (χ0v) is 9.50. The summed E-state index contributed by atoms with van der Waals surface area (Å²) in [5.41, 5.74) is 7.14. The van der Waals surface area contributed by atoms with Gasteiger partial charge in [0, 0.05) is 0 Å². The third kappa shape index (κ3) is 2.34. The lowest BCUT2D eigenvalue weighted by atomic mass is 10.2. The highest BCUT2D eigenvalue weighted by atomic mass is 16.2. The number of H-pyrrole nitrogens is 1. The largest absolute Gasteiger partial charge is 0.395 e. The van der Waals surface area contributed by atoms with E-state index in [0.717, 1.165) is 5.69 Å². The summed E-state index contributed by atoms with van der Waals surface area (Å²) in [6.07, 6.45) is 6.64. The fourth-order valence-corrected chi connectivity index (χ4v) is 1.32. The van der Waals surface area contributed by atoms with Gasteiger partial charge < -0.3 is 11.1 Å².